The van der Waals surface area contributed by atoms with E-state index in [1.807, 2.05) is 0 Å². The molecule has 8 nitrogen and oxygen atoms in total. The van der Waals surface area contributed by atoms with Crippen molar-refractivity contribution in [3.8, 4) is 5.75 Å². The third kappa shape index (κ3) is 4.74. The highest BCUT2D eigenvalue weighted by molar-refractivity contribution is 5.93. The number of morpholine rings is 1. The van der Waals surface area contributed by atoms with E-state index in [0.717, 1.165) is 6.07 Å². The average molecular weight is 465 g/mol. The molecule has 176 valence electrons. The Bertz CT molecular complexity index is 1040. The van der Waals surface area contributed by atoms with E-state index in [4.69, 9.17) is 14.7 Å². The van der Waals surface area contributed by atoms with Gasteiger partial charge < -0.3 is 19.3 Å². The number of nitrogens with one attached hydrogen (secondary N) is 1. The topological polar surface area (TPSA) is 91.3 Å². The van der Waals surface area contributed by atoms with Crippen LogP contribution in [-0.2, 0) is 17.5 Å². The van der Waals surface area contributed by atoms with Gasteiger partial charge in [-0.15, -0.1) is 0 Å². The van der Waals surface area contributed by atoms with Crippen LogP contribution in [0.5, 0.6) is 5.75 Å². The molecule has 0 bridgehead atoms. The smallest absolute Gasteiger partial charge is 0.416 e. The molecule has 11 heteroatoms. The van der Waals surface area contributed by atoms with E-state index in [2.05, 4.69) is 0 Å². The summed E-state index contributed by atoms with van der Waals surface area (Å²) in [6.07, 6.45) is -4.62. The fourth-order valence-electron chi connectivity index (χ4n) is 4.02. The Hall–Kier alpha value is -3.31. The molecule has 2 aliphatic rings. The molecule has 3 amide bonds. The van der Waals surface area contributed by atoms with Crippen molar-refractivity contribution in [2.24, 2.45) is 0 Å². The van der Waals surface area contributed by atoms with Gasteiger partial charge in [-0.05, 0) is 23.8 Å². The van der Waals surface area contributed by atoms with E-state index in [9.17, 15) is 22.8 Å². The van der Waals surface area contributed by atoms with Crippen molar-refractivity contribution in [1.29, 1.82) is 0 Å². The Balaban J connectivity index is 1.76. The van der Waals surface area contributed by atoms with Gasteiger partial charge in [-0.2, -0.15) is 13.2 Å². The van der Waals surface area contributed by atoms with E-state index < -0.39 is 29.7 Å². The molecule has 4 rings (SSSR count). The number of hydroxylamine groups is 1. The molecule has 0 spiro atoms. The van der Waals surface area contributed by atoms with Crippen LogP contribution in [0.1, 0.15) is 33.1 Å². The molecular weight excluding hydrogens is 443 g/mol. The van der Waals surface area contributed by atoms with Gasteiger partial charge in [0, 0.05) is 24.2 Å². The molecule has 2 N–H and O–H groups in total. The average Bonchev–Trinajstić information content (AvgIpc) is 3.02. The lowest BCUT2D eigenvalue weighted by Gasteiger charge is -2.37. The second-order valence-electron chi connectivity index (χ2n) is 7.69. The number of carbonyl (C=O) groups excluding carboxylic acids is 2. The van der Waals surface area contributed by atoms with E-state index in [-0.39, 0.29) is 30.0 Å². The van der Waals surface area contributed by atoms with Gasteiger partial charge in [0.1, 0.15) is 12.4 Å². The number of amides is 3. The lowest BCUT2D eigenvalue weighted by atomic mass is 9.98. The van der Waals surface area contributed by atoms with Gasteiger partial charge in [0.2, 0.25) is 0 Å². The fraction of sp³-hybridized carbons (Fsp3) is 0.364. The van der Waals surface area contributed by atoms with Crippen molar-refractivity contribution in [2.75, 3.05) is 32.9 Å². The van der Waals surface area contributed by atoms with Crippen LogP contribution in [0.25, 0.3) is 0 Å². The minimum atomic E-state index is -4.62. The van der Waals surface area contributed by atoms with E-state index in [0.29, 0.717) is 31.9 Å². The summed E-state index contributed by atoms with van der Waals surface area (Å²) in [5, 5.41) is 8.89. The van der Waals surface area contributed by atoms with Crippen LogP contribution in [-0.4, -0.2) is 59.9 Å². The molecule has 1 fully saturated rings. The molecule has 2 aromatic rings. The summed E-state index contributed by atoms with van der Waals surface area (Å²) in [6, 6.07) is 8.04. The van der Waals surface area contributed by atoms with Crippen molar-refractivity contribution in [3.63, 3.8) is 0 Å². The molecule has 2 aromatic carbocycles. The van der Waals surface area contributed by atoms with Gasteiger partial charge in [-0.3, -0.25) is 10.0 Å². The number of rotatable bonds is 2. The maximum atomic E-state index is 13.8. The summed E-state index contributed by atoms with van der Waals surface area (Å²) in [5.41, 5.74) is 1.24. The molecule has 33 heavy (non-hydrogen) atoms. The predicted molar refractivity (Wildman–Crippen MR) is 109 cm³/mol. The van der Waals surface area contributed by atoms with Crippen molar-refractivity contribution in [3.05, 3.63) is 64.7 Å². The minimum absolute atomic E-state index is 0.0244. The lowest BCUT2D eigenvalue weighted by molar-refractivity contribution is -0.138. The SMILES string of the molecule is O=C(NO)c1ccc2c(c1)OC[C@@H](c1ccccc1C(F)(F)F)N(C(=O)N1CCOCC1)C2. The molecule has 1 atom stereocenters. The van der Waals surface area contributed by atoms with Gasteiger partial charge in [0.25, 0.3) is 5.91 Å². The number of benzene rings is 2. The van der Waals surface area contributed by atoms with Gasteiger partial charge in [-0.1, -0.05) is 24.3 Å². The molecule has 0 unspecified atom stereocenters. The van der Waals surface area contributed by atoms with E-state index in [1.54, 1.807) is 11.0 Å². The first kappa shape index (κ1) is 22.9. The molecule has 0 radical (unpaired) electrons. The van der Waals surface area contributed by atoms with Gasteiger partial charge in [0.05, 0.1) is 31.4 Å². The number of alkyl halides is 3. The molecule has 2 aliphatic heterocycles. The van der Waals surface area contributed by atoms with E-state index >= 15 is 0 Å². The van der Waals surface area contributed by atoms with E-state index in [1.165, 1.54) is 40.7 Å². The van der Waals surface area contributed by atoms with Crippen LogP contribution in [0, 0.1) is 0 Å². The van der Waals surface area contributed by atoms with Crippen LogP contribution >= 0.6 is 0 Å². The van der Waals surface area contributed by atoms with Crippen LogP contribution in [0.2, 0.25) is 0 Å². The highest BCUT2D eigenvalue weighted by Gasteiger charge is 2.40. The summed E-state index contributed by atoms with van der Waals surface area (Å²) in [5.74, 6) is -0.506. The monoisotopic (exact) mass is 465 g/mol. The Kier molecular flexibility index (Phi) is 6.43. The number of nitrogens with zero attached hydrogens (tertiary/aromatic N) is 2. The van der Waals surface area contributed by atoms with Crippen molar-refractivity contribution < 1.29 is 37.4 Å². The fourth-order valence-corrected chi connectivity index (χ4v) is 4.02. The number of hydrogen-bond acceptors (Lipinski definition) is 5. The molecular formula is C22H22F3N3O5. The van der Waals surface area contributed by atoms with Gasteiger partial charge in [0.15, 0.2) is 0 Å². The number of halogens is 3. The first-order chi connectivity index (χ1) is 15.8. The lowest BCUT2D eigenvalue weighted by Crippen LogP contribution is -2.49. The Morgan fingerprint density at radius 3 is 2.52 bits per heavy atom. The Morgan fingerprint density at radius 1 is 1.09 bits per heavy atom. The largest absolute Gasteiger partial charge is 0.491 e. The Labute approximate surface area is 187 Å². The summed E-state index contributed by atoms with van der Waals surface area (Å²) in [6.45, 7) is 1.06. The first-order valence-corrected chi connectivity index (χ1v) is 10.3. The summed E-state index contributed by atoms with van der Waals surface area (Å²) in [4.78, 5) is 28.1. The summed E-state index contributed by atoms with van der Waals surface area (Å²) in [7, 11) is 0. The van der Waals surface area contributed by atoms with Crippen LogP contribution in [0.15, 0.2) is 42.5 Å². The standard InChI is InChI=1S/C22H22F3N3O5/c23-22(24,25)17-4-2-1-3-16(17)18-13-33-19-11-14(20(29)26-31)5-6-15(19)12-28(18)21(30)27-7-9-32-10-8-27/h1-6,11,18,31H,7-10,12-13H2,(H,26,29)/t18-/m0/s1. The molecule has 0 aromatic heterocycles. The van der Waals surface area contributed by atoms with Crippen LogP contribution < -0.4 is 10.2 Å². The number of carbonyl (C=O) groups is 2. The zero-order valence-electron chi connectivity index (χ0n) is 17.5. The maximum absolute atomic E-state index is 13.8. The van der Waals surface area contributed by atoms with Crippen molar-refractivity contribution in [1.82, 2.24) is 15.3 Å². The molecule has 0 aliphatic carbocycles. The normalized spacial score (nSPS) is 18.7. The summed E-state index contributed by atoms with van der Waals surface area (Å²) >= 11 is 0. The maximum Gasteiger partial charge on any atom is 0.416 e. The van der Waals surface area contributed by atoms with Crippen molar-refractivity contribution in [2.45, 2.75) is 18.8 Å². The molecule has 2 heterocycles. The zero-order chi connectivity index (χ0) is 23.6. The third-order valence-electron chi connectivity index (χ3n) is 5.70. The van der Waals surface area contributed by atoms with Crippen LogP contribution in [0.3, 0.4) is 0 Å². The summed E-state index contributed by atoms with van der Waals surface area (Å²) < 4.78 is 52.5. The number of hydrogen-bond donors (Lipinski definition) is 2. The number of ether oxygens (including phenoxy) is 2. The molecule has 0 saturated carbocycles. The highest BCUT2D eigenvalue weighted by Crippen LogP contribution is 2.39. The van der Waals surface area contributed by atoms with Crippen LogP contribution in [0.4, 0.5) is 18.0 Å². The van der Waals surface area contributed by atoms with Crippen molar-refractivity contribution >= 4 is 11.9 Å². The number of urea groups is 1. The second kappa shape index (κ2) is 9.28. The zero-order valence-corrected chi connectivity index (χ0v) is 17.5. The minimum Gasteiger partial charge on any atom is -0.491 e. The molecule has 1 saturated heterocycles. The second-order valence-corrected chi connectivity index (χ2v) is 7.69. The predicted octanol–water partition coefficient (Wildman–Crippen LogP) is 3.21. The third-order valence-corrected chi connectivity index (χ3v) is 5.70. The number of fused-ring (bicyclic) bond motifs is 1. The highest BCUT2D eigenvalue weighted by atomic mass is 19.4. The van der Waals surface area contributed by atoms with Gasteiger partial charge in [-0.25, -0.2) is 10.3 Å². The van der Waals surface area contributed by atoms with Gasteiger partial charge >= 0.3 is 12.2 Å². The Morgan fingerprint density at radius 2 is 1.82 bits per heavy atom. The first-order valence-electron chi connectivity index (χ1n) is 10.3. The quantitative estimate of drug-likeness (QED) is 0.525.